The molecule has 1 aromatic heterocycles. The summed E-state index contributed by atoms with van der Waals surface area (Å²) in [4.78, 5) is 46.6. The second kappa shape index (κ2) is 8.45. The van der Waals surface area contributed by atoms with Crippen LogP contribution < -0.4 is 10.6 Å². The van der Waals surface area contributed by atoms with E-state index in [2.05, 4.69) is 20.6 Å². The molecular formula is C22H29N5O3. The number of piperidine rings is 1. The van der Waals surface area contributed by atoms with Gasteiger partial charge in [0.2, 0.25) is 17.7 Å². The van der Waals surface area contributed by atoms with Crippen LogP contribution in [0.3, 0.4) is 0 Å². The molecule has 0 bridgehead atoms. The summed E-state index contributed by atoms with van der Waals surface area (Å²) < 4.78 is 0. The number of H-pyrrole nitrogens is 1. The van der Waals surface area contributed by atoms with Crippen molar-refractivity contribution in [2.45, 2.75) is 57.5 Å². The zero-order valence-electron chi connectivity index (χ0n) is 17.5. The number of carbonyl (C=O) groups is 3. The van der Waals surface area contributed by atoms with Crippen LogP contribution in [0.15, 0.2) is 24.3 Å². The largest absolute Gasteiger partial charge is 0.351 e. The lowest BCUT2D eigenvalue weighted by Gasteiger charge is -2.32. The van der Waals surface area contributed by atoms with Gasteiger partial charge in [-0.1, -0.05) is 19.1 Å². The number of hydrogen-bond acceptors (Lipinski definition) is 4. The van der Waals surface area contributed by atoms with Gasteiger partial charge in [-0.05, 0) is 38.3 Å². The van der Waals surface area contributed by atoms with Gasteiger partial charge in [0.1, 0.15) is 11.9 Å². The number of imidazole rings is 1. The summed E-state index contributed by atoms with van der Waals surface area (Å²) in [5.41, 5.74) is 1.87. The van der Waals surface area contributed by atoms with E-state index in [4.69, 9.17) is 0 Å². The van der Waals surface area contributed by atoms with E-state index in [9.17, 15) is 14.4 Å². The van der Waals surface area contributed by atoms with E-state index in [0.29, 0.717) is 19.5 Å². The monoisotopic (exact) mass is 411 g/mol. The number of amides is 3. The highest BCUT2D eigenvalue weighted by atomic mass is 16.2. The maximum absolute atomic E-state index is 12.6. The topological polar surface area (TPSA) is 107 Å². The van der Waals surface area contributed by atoms with Crippen molar-refractivity contribution in [1.82, 2.24) is 25.5 Å². The molecule has 1 saturated carbocycles. The van der Waals surface area contributed by atoms with E-state index in [-0.39, 0.29) is 35.6 Å². The lowest BCUT2D eigenvalue weighted by atomic mass is 10.0. The number of benzene rings is 1. The molecule has 8 nitrogen and oxygen atoms in total. The van der Waals surface area contributed by atoms with Crippen molar-refractivity contribution in [2.75, 3.05) is 13.1 Å². The van der Waals surface area contributed by atoms with Crippen LogP contribution in [-0.4, -0.2) is 57.8 Å². The maximum atomic E-state index is 12.6. The van der Waals surface area contributed by atoms with Crippen LogP contribution in [0, 0.1) is 5.92 Å². The number of aromatic amines is 1. The van der Waals surface area contributed by atoms with Crippen LogP contribution in [0.1, 0.15) is 51.3 Å². The highest BCUT2D eigenvalue weighted by molar-refractivity contribution is 5.90. The van der Waals surface area contributed by atoms with Gasteiger partial charge < -0.3 is 20.5 Å². The predicted octanol–water partition coefficient (Wildman–Crippen LogP) is 1.69. The summed E-state index contributed by atoms with van der Waals surface area (Å²) >= 11 is 0. The SMILES string of the molecule is CCC(=O)N1CCC(NC(=O)C(C)NC(=O)[C@@H]2C[C@H]2c2nc3ccccc3[nH]2)CC1. The lowest BCUT2D eigenvalue weighted by molar-refractivity contribution is -0.132. The Balaban J connectivity index is 1.24. The highest BCUT2D eigenvalue weighted by Gasteiger charge is 2.46. The quantitative estimate of drug-likeness (QED) is 0.672. The number of nitrogens with one attached hydrogen (secondary N) is 3. The number of aromatic nitrogens is 2. The fourth-order valence-corrected chi connectivity index (χ4v) is 4.14. The summed E-state index contributed by atoms with van der Waals surface area (Å²) in [6, 6.07) is 7.26. The van der Waals surface area contributed by atoms with Gasteiger partial charge in [-0.15, -0.1) is 0 Å². The van der Waals surface area contributed by atoms with Gasteiger partial charge in [0.25, 0.3) is 0 Å². The van der Waals surface area contributed by atoms with Crippen LogP contribution in [0.4, 0.5) is 0 Å². The summed E-state index contributed by atoms with van der Waals surface area (Å²) in [7, 11) is 0. The Morgan fingerprint density at radius 1 is 1.23 bits per heavy atom. The van der Waals surface area contributed by atoms with Gasteiger partial charge in [-0.3, -0.25) is 14.4 Å². The van der Waals surface area contributed by atoms with Gasteiger partial charge in [0.05, 0.1) is 11.0 Å². The number of rotatable bonds is 6. The third kappa shape index (κ3) is 4.32. The third-order valence-electron chi connectivity index (χ3n) is 6.13. The molecule has 1 aromatic carbocycles. The zero-order valence-corrected chi connectivity index (χ0v) is 17.5. The molecule has 2 heterocycles. The Labute approximate surface area is 175 Å². The molecule has 2 aromatic rings. The minimum absolute atomic E-state index is 0.0435. The fourth-order valence-electron chi connectivity index (χ4n) is 4.14. The molecule has 0 spiro atoms. The first-order valence-electron chi connectivity index (χ1n) is 10.8. The molecule has 3 amide bonds. The van der Waals surface area contributed by atoms with Crippen molar-refractivity contribution in [1.29, 1.82) is 0 Å². The Kier molecular flexibility index (Phi) is 5.74. The maximum Gasteiger partial charge on any atom is 0.242 e. The average molecular weight is 412 g/mol. The molecule has 160 valence electrons. The molecular weight excluding hydrogens is 382 g/mol. The first kappa shape index (κ1) is 20.4. The molecule has 3 atom stereocenters. The van der Waals surface area contributed by atoms with Crippen molar-refractivity contribution in [3.8, 4) is 0 Å². The Hall–Kier alpha value is -2.90. The molecule has 3 N–H and O–H groups in total. The van der Waals surface area contributed by atoms with E-state index in [1.54, 1.807) is 6.92 Å². The molecule has 2 aliphatic rings. The number of carbonyl (C=O) groups excluding carboxylic acids is 3. The molecule has 1 aliphatic carbocycles. The van der Waals surface area contributed by atoms with E-state index >= 15 is 0 Å². The van der Waals surface area contributed by atoms with E-state index in [1.165, 1.54) is 0 Å². The molecule has 1 saturated heterocycles. The Morgan fingerprint density at radius 3 is 2.67 bits per heavy atom. The Morgan fingerprint density at radius 2 is 1.97 bits per heavy atom. The molecule has 30 heavy (non-hydrogen) atoms. The van der Waals surface area contributed by atoms with Crippen molar-refractivity contribution in [3.63, 3.8) is 0 Å². The van der Waals surface area contributed by atoms with E-state index in [1.807, 2.05) is 36.1 Å². The average Bonchev–Trinajstić information content (AvgIpc) is 3.45. The van der Waals surface area contributed by atoms with Gasteiger partial charge in [0, 0.05) is 37.4 Å². The van der Waals surface area contributed by atoms with Crippen LogP contribution in [0.2, 0.25) is 0 Å². The van der Waals surface area contributed by atoms with Crippen LogP contribution in [-0.2, 0) is 14.4 Å². The molecule has 8 heteroatoms. The van der Waals surface area contributed by atoms with Gasteiger partial charge in [-0.25, -0.2) is 4.98 Å². The summed E-state index contributed by atoms with van der Waals surface area (Å²) in [6.45, 7) is 4.90. The zero-order chi connectivity index (χ0) is 21.3. The van der Waals surface area contributed by atoms with E-state index in [0.717, 1.165) is 36.1 Å². The van der Waals surface area contributed by atoms with Crippen LogP contribution >= 0.6 is 0 Å². The molecule has 0 radical (unpaired) electrons. The second-order valence-corrected chi connectivity index (χ2v) is 8.34. The summed E-state index contributed by atoms with van der Waals surface area (Å²) in [5.74, 6) is 0.638. The lowest BCUT2D eigenvalue weighted by Crippen LogP contribution is -2.52. The first-order valence-corrected chi connectivity index (χ1v) is 10.8. The third-order valence-corrected chi connectivity index (χ3v) is 6.13. The summed E-state index contributed by atoms with van der Waals surface area (Å²) in [6.07, 6.45) is 2.74. The van der Waals surface area contributed by atoms with Crippen molar-refractivity contribution >= 4 is 28.8 Å². The molecule has 1 unspecified atom stereocenters. The number of nitrogens with zero attached hydrogens (tertiary/aromatic N) is 2. The first-order chi connectivity index (χ1) is 14.5. The number of fused-ring (bicyclic) bond motifs is 1. The van der Waals surface area contributed by atoms with Crippen molar-refractivity contribution < 1.29 is 14.4 Å². The van der Waals surface area contributed by atoms with Crippen molar-refractivity contribution in [2.24, 2.45) is 5.92 Å². The van der Waals surface area contributed by atoms with Gasteiger partial charge in [-0.2, -0.15) is 0 Å². The summed E-state index contributed by atoms with van der Waals surface area (Å²) in [5, 5.41) is 5.85. The van der Waals surface area contributed by atoms with Gasteiger partial charge in [0.15, 0.2) is 0 Å². The number of para-hydroxylation sites is 2. The normalized spacial score (nSPS) is 22.5. The van der Waals surface area contributed by atoms with E-state index < -0.39 is 6.04 Å². The Bertz CT molecular complexity index is 914. The van der Waals surface area contributed by atoms with Crippen molar-refractivity contribution in [3.05, 3.63) is 30.1 Å². The highest BCUT2D eigenvalue weighted by Crippen LogP contribution is 2.46. The van der Waals surface area contributed by atoms with Crippen LogP contribution in [0.5, 0.6) is 0 Å². The number of likely N-dealkylation sites (tertiary alicyclic amines) is 1. The molecule has 2 fully saturated rings. The predicted molar refractivity (Wildman–Crippen MR) is 113 cm³/mol. The minimum atomic E-state index is -0.593. The molecule has 4 rings (SSSR count). The second-order valence-electron chi connectivity index (χ2n) is 8.34. The fraction of sp³-hybridized carbons (Fsp3) is 0.545. The molecule has 1 aliphatic heterocycles. The van der Waals surface area contributed by atoms with Crippen LogP contribution in [0.25, 0.3) is 11.0 Å². The smallest absolute Gasteiger partial charge is 0.242 e. The standard InChI is InChI=1S/C22H29N5O3/c1-3-19(28)27-10-8-14(9-11-27)24-21(29)13(2)23-22(30)16-12-15(16)20-25-17-6-4-5-7-18(17)26-20/h4-7,13-16H,3,8-12H2,1-2H3,(H,23,30)(H,24,29)(H,25,26)/t13?,15-,16-/m1/s1. The van der Waals surface area contributed by atoms with Gasteiger partial charge >= 0.3 is 0 Å². The number of hydrogen-bond donors (Lipinski definition) is 3. The minimum Gasteiger partial charge on any atom is -0.351 e.